The number of esters is 1. The molecule has 0 aliphatic rings. The zero-order valence-electron chi connectivity index (χ0n) is 8.12. The number of ether oxygens (including phenoxy) is 1. The molecule has 0 aliphatic carbocycles. The molecule has 0 spiro atoms. The highest BCUT2D eigenvalue weighted by Crippen LogP contribution is 1.99. The molecular formula is C9H10BF3O2. The lowest BCUT2D eigenvalue weighted by Gasteiger charge is -1.99. The Hall–Kier alpha value is -1.46. The summed E-state index contributed by atoms with van der Waals surface area (Å²) in [5.41, 5.74) is 0.606. The highest BCUT2D eigenvalue weighted by atomic mass is 19.4. The van der Waals surface area contributed by atoms with Gasteiger partial charge in [0.1, 0.15) is 0 Å². The van der Waals surface area contributed by atoms with Gasteiger partial charge in [-0.05, 0) is 19.1 Å². The molecule has 82 valence electrons. The lowest BCUT2D eigenvalue weighted by Crippen LogP contribution is -2.03. The van der Waals surface area contributed by atoms with Gasteiger partial charge in [-0.3, -0.25) is 12.9 Å². The fourth-order valence-corrected chi connectivity index (χ4v) is 0.789. The molecule has 0 aliphatic heterocycles. The Balaban J connectivity index is 0.000000423. The maximum atomic E-state index is 11.0. The second-order valence-electron chi connectivity index (χ2n) is 2.33. The first kappa shape index (κ1) is 13.5. The topological polar surface area (TPSA) is 26.3 Å². The van der Waals surface area contributed by atoms with E-state index in [0.29, 0.717) is 12.2 Å². The Morgan fingerprint density at radius 2 is 1.73 bits per heavy atom. The van der Waals surface area contributed by atoms with Gasteiger partial charge in [-0.1, -0.05) is 18.2 Å². The average Bonchev–Trinajstić information content (AvgIpc) is 2.19. The van der Waals surface area contributed by atoms with E-state index in [9.17, 15) is 17.7 Å². The predicted molar refractivity (Wildman–Crippen MR) is 51.5 cm³/mol. The van der Waals surface area contributed by atoms with Crippen molar-refractivity contribution in [2.75, 3.05) is 6.61 Å². The SMILES string of the molecule is CCOC(=O)c1ccccc1.FB(F)F. The summed E-state index contributed by atoms with van der Waals surface area (Å²) in [6.07, 6.45) is 0. The van der Waals surface area contributed by atoms with Crippen molar-refractivity contribution in [1.82, 2.24) is 0 Å². The van der Waals surface area contributed by atoms with Gasteiger partial charge >= 0.3 is 13.5 Å². The maximum absolute atomic E-state index is 11.0. The molecule has 2 nitrogen and oxygen atoms in total. The van der Waals surface area contributed by atoms with Gasteiger partial charge in [-0.2, -0.15) is 0 Å². The van der Waals surface area contributed by atoms with Crippen LogP contribution < -0.4 is 0 Å². The number of hydrogen-bond donors (Lipinski definition) is 0. The van der Waals surface area contributed by atoms with Gasteiger partial charge < -0.3 is 4.74 Å². The van der Waals surface area contributed by atoms with E-state index in [-0.39, 0.29) is 5.97 Å². The predicted octanol–water partition coefficient (Wildman–Crippen LogP) is 2.74. The number of hydrogen-bond acceptors (Lipinski definition) is 2. The first-order chi connectivity index (χ1) is 7.07. The third-order valence-electron chi connectivity index (χ3n) is 1.28. The van der Waals surface area contributed by atoms with E-state index >= 15 is 0 Å². The summed E-state index contributed by atoms with van der Waals surface area (Å²) in [6.45, 7) is 2.22. The largest absolute Gasteiger partial charge is 0.762 e. The third-order valence-corrected chi connectivity index (χ3v) is 1.28. The first-order valence-corrected chi connectivity index (χ1v) is 4.22. The number of carbonyl (C=O) groups excluding carboxylic acids is 1. The van der Waals surface area contributed by atoms with Gasteiger partial charge in [0.2, 0.25) is 0 Å². The molecule has 1 aromatic carbocycles. The van der Waals surface area contributed by atoms with Gasteiger partial charge in [0.15, 0.2) is 0 Å². The molecule has 0 N–H and O–H groups in total. The van der Waals surface area contributed by atoms with E-state index in [1.54, 1.807) is 19.1 Å². The second kappa shape index (κ2) is 7.90. The monoisotopic (exact) mass is 218 g/mol. The lowest BCUT2D eigenvalue weighted by atomic mass is 10.2. The molecule has 6 heteroatoms. The van der Waals surface area contributed by atoms with E-state index in [1.165, 1.54) is 0 Å². The Bertz CT molecular complexity index is 277. The molecule has 0 atom stereocenters. The van der Waals surface area contributed by atoms with E-state index in [1.807, 2.05) is 18.2 Å². The van der Waals surface area contributed by atoms with Crippen LogP contribution in [0, 0.1) is 0 Å². The van der Waals surface area contributed by atoms with Crippen LogP contribution in [0.25, 0.3) is 0 Å². The zero-order valence-corrected chi connectivity index (χ0v) is 8.12. The first-order valence-electron chi connectivity index (χ1n) is 4.22. The van der Waals surface area contributed by atoms with Crippen LogP contribution in [0.5, 0.6) is 0 Å². The average molecular weight is 218 g/mol. The van der Waals surface area contributed by atoms with Crippen LogP contribution in [0.4, 0.5) is 12.9 Å². The minimum Gasteiger partial charge on any atom is -0.462 e. The fraction of sp³-hybridized carbons (Fsp3) is 0.222. The molecule has 0 aromatic heterocycles. The Labute approximate surface area is 86.3 Å². The van der Waals surface area contributed by atoms with Crippen molar-refractivity contribution in [2.45, 2.75) is 6.92 Å². The molecule has 0 unspecified atom stereocenters. The van der Waals surface area contributed by atoms with Crippen molar-refractivity contribution in [2.24, 2.45) is 0 Å². The van der Waals surface area contributed by atoms with Crippen molar-refractivity contribution in [3.63, 3.8) is 0 Å². The Kier molecular flexibility index (Phi) is 7.14. The number of rotatable bonds is 2. The lowest BCUT2D eigenvalue weighted by molar-refractivity contribution is 0.0526. The molecule has 0 fully saturated rings. The highest BCUT2D eigenvalue weighted by Gasteiger charge is 2.06. The van der Waals surface area contributed by atoms with Crippen molar-refractivity contribution in [3.05, 3.63) is 35.9 Å². The molecular weight excluding hydrogens is 208 g/mol. The second-order valence-corrected chi connectivity index (χ2v) is 2.33. The van der Waals surface area contributed by atoms with Crippen molar-refractivity contribution < 1.29 is 22.5 Å². The van der Waals surface area contributed by atoms with Gasteiger partial charge in [-0.15, -0.1) is 0 Å². The van der Waals surface area contributed by atoms with Gasteiger partial charge in [-0.25, -0.2) is 4.79 Å². The standard InChI is InChI=1S/C9H10O2.BF3/c1-2-11-9(10)8-6-4-3-5-7-8;2-1(3)4/h3-7H,2H2,1H3;. The Morgan fingerprint density at radius 1 is 1.27 bits per heavy atom. The smallest absolute Gasteiger partial charge is 0.462 e. The quantitative estimate of drug-likeness (QED) is 0.563. The van der Waals surface area contributed by atoms with E-state index in [2.05, 4.69) is 0 Å². The van der Waals surface area contributed by atoms with Crippen LogP contribution in [-0.4, -0.2) is 20.1 Å². The summed E-state index contributed by atoms with van der Waals surface area (Å²) >= 11 is 0. The van der Waals surface area contributed by atoms with E-state index in [0.717, 1.165) is 0 Å². The van der Waals surface area contributed by atoms with Crippen LogP contribution in [0.15, 0.2) is 30.3 Å². The highest BCUT2D eigenvalue weighted by molar-refractivity contribution is 6.33. The molecule has 0 bridgehead atoms. The number of carbonyl (C=O) groups is 1. The van der Waals surface area contributed by atoms with Crippen molar-refractivity contribution in [3.8, 4) is 0 Å². The normalized spacial score (nSPS) is 8.53. The van der Waals surface area contributed by atoms with Gasteiger partial charge in [0, 0.05) is 0 Å². The summed E-state index contributed by atoms with van der Waals surface area (Å²) in [5.74, 6) is -0.256. The third kappa shape index (κ3) is 7.60. The van der Waals surface area contributed by atoms with Crippen molar-refractivity contribution >= 4 is 13.5 Å². The summed E-state index contributed by atoms with van der Waals surface area (Å²) in [4.78, 5) is 11.0. The molecule has 1 rings (SSSR count). The summed E-state index contributed by atoms with van der Waals surface area (Å²) in [5, 5.41) is 0. The number of halogens is 3. The number of benzene rings is 1. The van der Waals surface area contributed by atoms with Crippen molar-refractivity contribution in [1.29, 1.82) is 0 Å². The molecule has 1 aromatic rings. The summed E-state index contributed by atoms with van der Waals surface area (Å²) in [7, 11) is -3.67. The molecule has 0 amide bonds. The molecule has 0 saturated heterocycles. The van der Waals surface area contributed by atoms with Crippen LogP contribution in [0.1, 0.15) is 17.3 Å². The van der Waals surface area contributed by atoms with Crippen LogP contribution in [0.2, 0.25) is 0 Å². The van der Waals surface area contributed by atoms with Gasteiger partial charge in [0.25, 0.3) is 0 Å². The fourth-order valence-electron chi connectivity index (χ4n) is 0.789. The Morgan fingerprint density at radius 3 is 2.13 bits per heavy atom. The molecule has 0 radical (unpaired) electrons. The van der Waals surface area contributed by atoms with Crippen LogP contribution in [0.3, 0.4) is 0 Å². The zero-order chi connectivity index (χ0) is 11.7. The molecule has 0 saturated carbocycles. The summed E-state index contributed by atoms with van der Waals surface area (Å²) in [6, 6.07) is 8.96. The van der Waals surface area contributed by atoms with E-state index < -0.39 is 7.54 Å². The summed E-state index contributed by atoms with van der Waals surface area (Å²) < 4.78 is 33.8. The van der Waals surface area contributed by atoms with E-state index in [4.69, 9.17) is 4.74 Å². The van der Waals surface area contributed by atoms with Crippen LogP contribution >= 0.6 is 0 Å². The molecule has 0 heterocycles. The maximum Gasteiger partial charge on any atom is 0.762 e. The molecule has 15 heavy (non-hydrogen) atoms. The van der Waals surface area contributed by atoms with Crippen LogP contribution in [-0.2, 0) is 4.74 Å². The van der Waals surface area contributed by atoms with Gasteiger partial charge in [0.05, 0.1) is 12.2 Å². The minimum absolute atomic E-state index is 0.256. The minimum atomic E-state index is -3.67.